The number of carbonyl (C=O) groups excluding carboxylic acids is 2. The lowest BCUT2D eigenvalue weighted by atomic mass is 9.52. The van der Waals surface area contributed by atoms with Crippen molar-refractivity contribution in [3.63, 3.8) is 0 Å². The second-order valence-electron chi connectivity index (χ2n) is 10.8. The van der Waals surface area contributed by atoms with Gasteiger partial charge in [-0.1, -0.05) is 42.5 Å². The molecule has 36 heavy (non-hydrogen) atoms. The van der Waals surface area contributed by atoms with E-state index in [-0.39, 0.29) is 34.8 Å². The molecule has 0 bridgehead atoms. The maximum Gasteiger partial charge on any atom is 0.306 e. The maximum absolute atomic E-state index is 13.9. The summed E-state index contributed by atoms with van der Waals surface area (Å²) in [6.45, 7) is 2.03. The molecule has 1 aliphatic carbocycles. The van der Waals surface area contributed by atoms with Gasteiger partial charge in [-0.05, 0) is 73.9 Å². The van der Waals surface area contributed by atoms with E-state index in [1.54, 1.807) is 13.2 Å². The lowest BCUT2D eigenvalue weighted by Gasteiger charge is -2.58. The fourth-order valence-electron chi connectivity index (χ4n) is 8.15. The van der Waals surface area contributed by atoms with Crippen LogP contribution >= 0.6 is 0 Å². The molecule has 0 radical (unpaired) electrons. The first-order chi connectivity index (χ1) is 17.5. The van der Waals surface area contributed by atoms with E-state index in [1.165, 1.54) is 12.7 Å². The van der Waals surface area contributed by atoms with Crippen LogP contribution in [-0.4, -0.2) is 56.2 Å². The molecule has 6 rings (SSSR count). The van der Waals surface area contributed by atoms with Gasteiger partial charge >= 0.3 is 5.97 Å². The van der Waals surface area contributed by atoms with E-state index in [9.17, 15) is 9.59 Å². The van der Waals surface area contributed by atoms with Crippen LogP contribution < -0.4 is 9.64 Å². The normalized spacial score (nSPS) is 30.6. The fourth-order valence-corrected chi connectivity index (χ4v) is 8.15. The van der Waals surface area contributed by atoms with Crippen LogP contribution in [0.5, 0.6) is 5.75 Å². The Kier molecular flexibility index (Phi) is 5.67. The Morgan fingerprint density at radius 3 is 2.64 bits per heavy atom. The minimum Gasteiger partial charge on any atom is -0.495 e. The SMILES string of the molecule is COC(=O)CC12CCCN3CCC4(c5cccc(OC)c5N(C(=O)C=Cc5ccccc5)C4CC1)C32. The number of para-hydroxylation sites is 1. The molecule has 3 aliphatic heterocycles. The Hall–Kier alpha value is -3.12. The van der Waals surface area contributed by atoms with Crippen molar-refractivity contribution in [3.05, 3.63) is 65.7 Å². The van der Waals surface area contributed by atoms with Crippen molar-refractivity contribution in [2.75, 3.05) is 32.2 Å². The van der Waals surface area contributed by atoms with Crippen LogP contribution in [0.25, 0.3) is 6.08 Å². The highest BCUT2D eigenvalue weighted by Crippen LogP contribution is 2.66. The maximum atomic E-state index is 13.9. The van der Waals surface area contributed by atoms with E-state index in [0.29, 0.717) is 6.42 Å². The summed E-state index contributed by atoms with van der Waals surface area (Å²) in [6, 6.07) is 16.4. The molecule has 0 aromatic heterocycles. The number of hydrogen-bond donors (Lipinski definition) is 0. The molecule has 1 saturated carbocycles. The largest absolute Gasteiger partial charge is 0.495 e. The molecule has 4 unspecified atom stereocenters. The average Bonchev–Trinajstić information content (AvgIpc) is 3.45. The summed E-state index contributed by atoms with van der Waals surface area (Å²) in [5.74, 6) is 0.603. The van der Waals surface area contributed by atoms with Crippen molar-refractivity contribution in [1.82, 2.24) is 4.90 Å². The number of methoxy groups -OCH3 is 2. The molecule has 4 aliphatic rings. The predicted octanol–water partition coefficient (Wildman–Crippen LogP) is 4.57. The first-order valence-electron chi connectivity index (χ1n) is 13.1. The molecular formula is C30H34N2O4. The van der Waals surface area contributed by atoms with Crippen molar-refractivity contribution in [2.45, 2.75) is 56.0 Å². The zero-order valence-corrected chi connectivity index (χ0v) is 21.1. The summed E-state index contributed by atoms with van der Waals surface area (Å²) >= 11 is 0. The third kappa shape index (κ3) is 3.27. The summed E-state index contributed by atoms with van der Waals surface area (Å²) in [4.78, 5) is 31.2. The lowest BCUT2D eigenvalue weighted by Crippen LogP contribution is -2.65. The summed E-state index contributed by atoms with van der Waals surface area (Å²) in [5, 5.41) is 0. The van der Waals surface area contributed by atoms with Gasteiger partial charge in [0.1, 0.15) is 5.75 Å². The van der Waals surface area contributed by atoms with Gasteiger partial charge in [-0.15, -0.1) is 0 Å². The Morgan fingerprint density at radius 2 is 1.86 bits per heavy atom. The van der Waals surface area contributed by atoms with Crippen LogP contribution in [0.15, 0.2) is 54.6 Å². The van der Waals surface area contributed by atoms with Gasteiger partial charge in [0.2, 0.25) is 0 Å². The molecule has 3 fully saturated rings. The van der Waals surface area contributed by atoms with E-state index in [4.69, 9.17) is 9.47 Å². The van der Waals surface area contributed by atoms with E-state index >= 15 is 0 Å². The second-order valence-corrected chi connectivity index (χ2v) is 10.8. The number of anilines is 1. The Balaban J connectivity index is 1.48. The van der Waals surface area contributed by atoms with Gasteiger partial charge in [-0.25, -0.2) is 0 Å². The van der Waals surface area contributed by atoms with Gasteiger partial charge in [0.25, 0.3) is 5.91 Å². The van der Waals surface area contributed by atoms with Crippen molar-refractivity contribution >= 4 is 23.6 Å². The smallest absolute Gasteiger partial charge is 0.306 e. The molecule has 2 aromatic carbocycles. The molecular weight excluding hydrogens is 452 g/mol. The van der Waals surface area contributed by atoms with Gasteiger partial charge in [0, 0.05) is 23.6 Å². The van der Waals surface area contributed by atoms with Crippen LogP contribution in [-0.2, 0) is 19.7 Å². The van der Waals surface area contributed by atoms with Crippen LogP contribution in [0, 0.1) is 5.41 Å². The third-order valence-corrected chi connectivity index (χ3v) is 9.33. The number of ether oxygens (including phenoxy) is 2. The number of nitrogens with zero attached hydrogens (tertiary/aromatic N) is 2. The van der Waals surface area contributed by atoms with Crippen LogP contribution in [0.1, 0.15) is 49.7 Å². The number of carbonyl (C=O) groups is 2. The first-order valence-corrected chi connectivity index (χ1v) is 13.1. The third-order valence-electron chi connectivity index (χ3n) is 9.33. The molecule has 1 spiro atoms. The minimum absolute atomic E-state index is 0.0128. The van der Waals surface area contributed by atoms with Crippen LogP contribution in [0.2, 0.25) is 0 Å². The number of hydrogen-bond acceptors (Lipinski definition) is 5. The zero-order valence-electron chi connectivity index (χ0n) is 21.1. The van der Waals surface area contributed by atoms with Gasteiger partial charge in [-0.3, -0.25) is 14.5 Å². The molecule has 3 heterocycles. The standard InChI is InChI=1S/C30H34N2O4/c1-35-23-11-6-10-22-27(23)32(25(33)13-12-21-8-4-3-5-9-21)24-14-16-29(20-26(34)36-2)15-7-18-31-19-17-30(22,24)28(29)31/h3-6,8-13,24,28H,7,14-20H2,1-2H3. The number of esters is 1. The summed E-state index contributed by atoms with van der Waals surface area (Å²) in [7, 11) is 3.17. The number of piperidine rings is 1. The van der Waals surface area contributed by atoms with E-state index in [2.05, 4.69) is 17.0 Å². The summed E-state index contributed by atoms with van der Waals surface area (Å²) in [5.41, 5.74) is 2.77. The van der Waals surface area contributed by atoms with Crippen molar-refractivity contribution < 1.29 is 19.1 Å². The highest BCUT2D eigenvalue weighted by Gasteiger charge is 2.69. The summed E-state index contributed by atoms with van der Waals surface area (Å²) < 4.78 is 11.0. The highest BCUT2D eigenvalue weighted by atomic mass is 16.5. The Morgan fingerprint density at radius 1 is 1.03 bits per heavy atom. The van der Waals surface area contributed by atoms with Gasteiger partial charge in [0.05, 0.1) is 26.3 Å². The van der Waals surface area contributed by atoms with Gasteiger partial charge in [-0.2, -0.15) is 0 Å². The van der Waals surface area contributed by atoms with Crippen molar-refractivity contribution in [3.8, 4) is 5.75 Å². The Labute approximate surface area is 212 Å². The lowest BCUT2D eigenvalue weighted by molar-refractivity contribution is -0.148. The molecule has 2 saturated heterocycles. The van der Waals surface area contributed by atoms with Gasteiger partial charge in [0.15, 0.2) is 0 Å². The fraction of sp³-hybridized carbons (Fsp3) is 0.467. The molecule has 188 valence electrons. The molecule has 1 amide bonds. The molecule has 2 aromatic rings. The van der Waals surface area contributed by atoms with Crippen molar-refractivity contribution in [1.29, 1.82) is 0 Å². The monoisotopic (exact) mass is 486 g/mol. The quantitative estimate of drug-likeness (QED) is 0.458. The molecule has 6 nitrogen and oxygen atoms in total. The number of benzene rings is 2. The number of rotatable bonds is 5. The average molecular weight is 487 g/mol. The minimum atomic E-state index is -0.215. The zero-order chi connectivity index (χ0) is 24.9. The Bertz CT molecular complexity index is 1210. The van der Waals surface area contributed by atoms with E-state index in [0.717, 1.165) is 62.2 Å². The van der Waals surface area contributed by atoms with E-state index < -0.39 is 0 Å². The number of fused-ring (bicyclic) bond motifs is 1. The van der Waals surface area contributed by atoms with Crippen molar-refractivity contribution in [2.24, 2.45) is 5.41 Å². The number of amides is 1. The topological polar surface area (TPSA) is 59.1 Å². The molecule has 6 heteroatoms. The molecule has 0 N–H and O–H groups in total. The summed E-state index contributed by atoms with van der Waals surface area (Å²) in [6.07, 6.45) is 8.93. The van der Waals surface area contributed by atoms with Crippen LogP contribution in [0.3, 0.4) is 0 Å². The predicted molar refractivity (Wildman–Crippen MR) is 139 cm³/mol. The van der Waals surface area contributed by atoms with Gasteiger partial charge < -0.3 is 14.4 Å². The highest BCUT2D eigenvalue weighted by molar-refractivity contribution is 6.07. The second kappa shape index (κ2) is 8.77. The first kappa shape index (κ1) is 23.3. The van der Waals surface area contributed by atoms with Crippen LogP contribution in [0.4, 0.5) is 5.69 Å². The molecule has 4 atom stereocenters. The van der Waals surface area contributed by atoms with E-state index in [1.807, 2.05) is 47.4 Å².